The van der Waals surface area contributed by atoms with Gasteiger partial charge in [0.05, 0.1) is 10.6 Å². The van der Waals surface area contributed by atoms with Crippen molar-refractivity contribution in [1.29, 1.82) is 0 Å². The van der Waals surface area contributed by atoms with Crippen LogP contribution in [0.3, 0.4) is 0 Å². The second-order valence-corrected chi connectivity index (χ2v) is 2.85. The van der Waals surface area contributed by atoms with E-state index in [0.717, 1.165) is 25.4 Å². The first-order chi connectivity index (χ1) is 7.73. The molecule has 0 fully saturated rings. The van der Waals surface area contributed by atoms with Crippen LogP contribution in [0.5, 0.6) is 0 Å². The van der Waals surface area contributed by atoms with Gasteiger partial charge < -0.3 is 5.11 Å². The summed E-state index contributed by atoms with van der Waals surface area (Å²) in [7, 11) is 0. The first-order valence-electron chi connectivity index (χ1n) is 4.60. The third kappa shape index (κ3) is 11.0. The molecule has 0 aromatic carbocycles. The lowest BCUT2D eigenvalue weighted by Gasteiger charge is -2.04. The van der Waals surface area contributed by atoms with E-state index in [2.05, 4.69) is 4.98 Å². The number of pyridine rings is 1. The van der Waals surface area contributed by atoms with Crippen molar-refractivity contribution in [1.82, 2.24) is 4.98 Å². The standard InChI is InChI=1S/C6H3ClF3N.C2H4O2.C2H6/c7-5-1-4(2-11-3-5)6(8,9)10;1-2(3)4;1-2/h1-3H;1H3,(H,3,4);1-2H3. The number of rotatable bonds is 0. The Morgan fingerprint density at radius 2 is 1.76 bits per heavy atom. The molecule has 1 N–H and O–H groups in total. The Labute approximate surface area is 102 Å². The van der Waals surface area contributed by atoms with Crippen molar-refractivity contribution in [2.45, 2.75) is 26.9 Å². The minimum atomic E-state index is -4.36. The summed E-state index contributed by atoms with van der Waals surface area (Å²) in [5.74, 6) is -0.833. The van der Waals surface area contributed by atoms with Crippen LogP contribution in [0, 0.1) is 0 Å². The van der Waals surface area contributed by atoms with Crippen LogP contribution in [0.1, 0.15) is 26.3 Å². The van der Waals surface area contributed by atoms with Crippen LogP contribution in [0.15, 0.2) is 18.5 Å². The molecule has 0 spiro atoms. The maximum absolute atomic E-state index is 11.9. The Kier molecular flexibility index (Phi) is 9.36. The number of hydrogen-bond donors (Lipinski definition) is 1. The molecule has 17 heavy (non-hydrogen) atoms. The van der Waals surface area contributed by atoms with E-state index in [1.807, 2.05) is 13.8 Å². The molecule has 0 aliphatic carbocycles. The van der Waals surface area contributed by atoms with Crippen molar-refractivity contribution in [2.75, 3.05) is 0 Å². The quantitative estimate of drug-likeness (QED) is 0.779. The molecule has 0 amide bonds. The van der Waals surface area contributed by atoms with Crippen molar-refractivity contribution < 1.29 is 23.1 Å². The number of halogens is 4. The summed E-state index contributed by atoms with van der Waals surface area (Å²) in [6, 6.07) is 0.828. The van der Waals surface area contributed by atoms with Crippen molar-refractivity contribution in [2.24, 2.45) is 0 Å². The van der Waals surface area contributed by atoms with Gasteiger partial charge in [-0.1, -0.05) is 25.4 Å². The summed E-state index contributed by atoms with van der Waals surface area (Å²) < 4.78 is 35.6. The molecular weight excluding hydrogens is 259 g/mol. The molecule has 0 aliphatic rings. The highest BCUT2D eigenvalue weighted by Crippen LogP contribution is 2.29. The number of carbonyl (C=O) groups is 1. The van der Waals surface area contributed by atoms with Gasteiger partial charge in [-0.3, -0.25) is 9.78 Å². The lowest BCUT2D eigenvalue weighted by atomic mass is 10.3. The van der Waals surface area contributed by atoms with E-state index < -0.39 is 17.7 Å². The number of carboxylic acids is 1. The zero-order valence-corrected chi connectivity index (χ0v) is 10.3. The maximum atomic E-state index is 11.9. The molecule has 1 heterocycles. The second-order valence-electron chi connectivity index (χ2n) is 2.41. The Morgan fingerprint density at radius 1 is 1.35 bits per heavy atom. The van der Waals surface area contributed by atoms with Gasteiger partial charge in [-0.15, -0.1) is 0 Å². The van der Waals surface area contributed by atoms with Crippen LogP contribution in [-0.4, -0.2) is 16.1 Å². The zero-order chi connectivity index (χ0) is 14.1. The van der Waals surface area contributed by atoms with Gasteiger partial charge in [0.2, 0.25) is 0 Å². The number of aliphatic carboxylic acids is 1. The highest BCUT2D eigenvalue weighted by atomic mass is 35.5. The summed E-state index contributed by atoms with van der Waals surface area (Å²) in [5, 5.41) is 7.40. The summed E-state index contributed by atoms with van der Waals surface area (Å²) in [5.41, 5.74) is -0.829. The van der Waals surface area contributed by atoms with Gasteiger partial charge in [0.15, 0.2) is 0 Å². The van der Waals surface area contributed by atoms with Crippen LogP contribution in [0.2, 0.25) is 5.02 Å². The van der Waals surface area contributed by atoms with Gasteiger partial charge in [-0.2, -0.15) is 13.2 Å². The summed E-state index contributed by atoms with van der Waals surface area (Å²) in [6.07, 6.45) is -2.49. The third-order valence-electron chi connectivity index (χ3n) is 1.03. The lowest BCUT2D eigenvalue weighted by Crippen LogP contribution is -2.04. The third-order valence-corrected chi connectivity index (χ3v) is 1.24. The highest BCUT2D eigenvalue weighted by Gasteiger charge is 2.30. The number of nitrogens with zero attached hydrogens (tertiary/aromatic N) is 1. The molecule has 0 atom stereocenters. The van der Waals surface area contributed by atoms with Crippen LogP contribution >= 0.6 is 11.6 Å². The van der Waals surface area contributed by atoms with Crippen molar-refractivity contribution >= 4 is 17.6 Å². The molecule has 0 saturated carbocycles. The molecule has 0 aliphatic heterocycles. The Morgan fingerprint density at radius 3 is 2.00 bits per heavy atom. The van der Waals surface area contributed by atoms with Gasteiger partial charge in [0.25, 0.3) is 5.97 Å². The van der Waals surface area contributed by atoms with E-state index in [-0.39, 0.29) is 5.02 Å². The molecule has 1 aromatic rings. The van der Waals surface area contributed by atoms with E-state index in [9.17, 15) is 13.2 Å². The molecule has 0 bridgehead atoms. The predicted molar refractivity (Wildman–Crippen MR) is 58.9 cm³/mol. The first-order valence-corrected chi connectivity index (χ1v) is 4.98. The Hall–Kier alpha value is -1.30. The topological polar surface area (TPSA) is 50.2 Å². The van der Waals surface area contributed by atoms with Crippen molar-refractivity contribution in [3.8, 4) is 0 Å². The van der Waals surface area contributed by atoms with Crippen LogP contribution in [-0.2, 0) is 11.0 Å². The molecule has 0 saturated heterocycles. The van der Waals surface area contributed by atoms with Crippen LogP contribution in [0.4, 0.5) is 13.2 Å². The fraction of sp³-hybridized carbons (Fsp3) is 0.400. The fourth-order valence-electron chi connectivity index (χ4n) is 0.567. The largest absolute Gasteiger partial charge is 0.481 e. The SMILES string of the molecule is CC.CC(=O)O.FC(F)(F)c1cncc(Cl)c1. The Balaban J connectivity index is 0. The molecule has 0 unspecified atom stereocenters. The van der Waals surface area contributed by atoms with Crippen molar-refractivity contribution in [3.05, 3.63) is 29.0 Å². The average Bonchev–Trinajstić information content (AvgIpc) is 2.18. The Bertz CT molecular complexity index is 339. The molecule has 3 nitrogen and oxygen atoms in total. The molecule has 1 rings (SSSR count). The molecule has 1 aromatic heterocycles. The fourth-order valence-corrected chi connectivity index (χ4v) is 0.741. The highest BCUT2D eigenvalue weighted by molar-refractivity contribution is 6.30. The minimum absolute atomic E-state index is 0.0141. The van der Waals surface area contributed by atoms with Gasteiger partial charge in [0.1, 0.15) is 0 Å². The van der Waals surface area contributed by atoms with E-state index in [1.165, 1.54) is 0 Å². The van der Waals surface area contributed by atoms with Gasteiger partial charge >= 0.3 is 6.18 Å². The first kappa shape index (κ1) is 18.1. The molecule has 0 radical (unpaired) electrons. The molecule has 98 valence electrons. The maximum Gasteiger partial charge on any atom is 0.417 e. The van der Waals surface area contributed by atoms with E-state index in [0.29, 0.717) is 0 Å². The van der Waals surface area contributed by atoms with E-state index in [1.54, 1.807) is 0 Å². The van der Waals surface area contributed by atoms with E-state index >= 15 is 0 Å². The van der Waals surface area contributed by atoms with Crippen LogP contribution < -0.4 is 0 Å². The smallest absolute Gasteiger partial charge is 0.417 e. The summed E-state index contributed by atoms with van der Waals surface area (Å²) in [6.45, 7) is 5.08. The van der Waals surface area contributed by atoms with Gasteiger partial charge in [-0.05, 0) is 6.07 Å². The number of hydrogen-bond acceptors (Lipinski definition) is 2. The van der Waals surface area contributed by atoms with Gasteiger partial charge in [0, 0.05) is 19.3 Å². The monoisotopic (exact) mass is 271 g/mol. The second kappa shape index (κ2) is 8.81. The number of alkyl halides is 3. The van der Waals surface area contributed by atoms with Gasteiger partial charge in [-0.25, -0.2) is 0 Å². The van der Waals surface area contributed by atoms with Crippen LogP contribution in [0.25, 0.3) is 0 Å². The minimum Gasteiger partial charge on any atom is -0.481 e. The predicted octanol–water partition coefficient (Wildman–Crippen LogP) is 3.87. The lowest BCUT2D eigenvalue weighted by molar-refractivity contribution is -0.138. The summed E-state index contributed by atoms with van der Waals surface area (Å²) >= 11 is 5.29. The zero-order valence-electron chi connectivity index (χ0n) is 9.55. The number of carboxylic acid groups (broad SMARTS) is 1. The van der Waals surface area contributed by atoms with Crippen molar-refractivity contribution in [3.63, 3.8) is 0 Å². The molecule has 7 heteroatoms. The summed E-state index contributed by atoms with van der Waals surface area (Å²) in [4.78, 5) is 12.3. The molecular formula is C10H13ClF3NO2. The average molecular weight is 272 g/mol. The number of aromatic nitrogens is 1. The van der Waals surface area contributed by atoms with E-state index in [4.69, 9.17) is 21.5 Å². The normalized spacial score (nSPS) is 9.35.